The van der Waals surface area contributed by atoms with Gasteiger partial charge in [-0.1, -0.05) is 24.3 Å². The zero-order valence-corrected chi connectivity index (χ0v) is 16.9. The fourth-order valence-electron chi connectivity index (χ4n) is 4.11. The summed E-state index contributed by atoms with van der Waals surface area (Å²) >= 11 is 0. The maximum Gasteiger partial charge on any atom is 0.254 e. The summed E-state index contributed by atoms with van der Waals surface area (Å²) in [6, 6.07) is 14.3. The van der Waals surface area contributed by atoms with Crippen LogP contribution in [0, 0.1) is 0 Å². The van der Waals surface area contributed by atoms with Gasteiger partial charge in [-0.2, -0.15) is 5.10 Å². The van der Waals surface area contributed by atoms with Gasteiger partial charge in [0.05, 0.1) is 5.52 Å². The van der Waals surface area contributed by atoms with Crippen LogP contribution in [0.15, 0.2) is 55.1 Å². The van der Waals surface area contributed by atoms with Crippen molar-refractivity contribution in [2.24, 2.45) is 0 Å². The van der Waals surface area contributed by atoms with Gasteiger partial charge >= 0.3 is 0 Å². The summed E-state index contributed by atoms with van der Waals surface area (Å²) in [7, 11) is 0. The molecule has 0 radical (unpaired) electrons. The summed E-state index contributed by atoms with van der Waals surface area (Å²) in [5, 5.41) is 7.86. The van der Waals surface area contributed by atoms with Gasteiger partial charge in [0.1, 0.15) is 0 Å². The van der Waals surface area contributed by atoms with Gasteiger partial charge in [-0.05, 0) is 49.2 Å². The number of nitrogens with two attached hydrogens (primary N) is 1. The molecule has 150 valence electrons. The molecule has 0 spiro atoms. The van der Waals surface area contributed by atoms with Crippen LogP contribution in [0.25, 0.3) is 22.0 Å². The Bertz CT molecular complexity index is 1060. The smallest absolute Gasteiger partial charge is 0.254 e. The minimum atomic E-state index is 0.0772. The quantitative estimate of drug-likeness (QED) is 0.669. The molecule has 29 heavy (non-hydrogen) atoms. The molecule has 0 bridgehead atoms. The number of rotatable bonds is 4. The number of nitrogens with one attached hydrogen (secondary N) is 1. The molecule has 2 atom stereocenters. The fraction of sp³-hybridized carbons (Fsp3) is 0.304. The van der Waals surface area contributed by atoms with Crippen molar-refractivity contribution >= 4 is 22.6 Å². The van der Waals surface area contributed by atoms with Crippen LogP contribution in [0.3, 0.4) is 0 Å². The molecular weight excluding hydrogens is 362 g/mol. The molecule has 1 amide bonds. The second-order valence-corrected chi connectivity index (χ2v) is 7.85. The van der Waals surface area contributed by atoms with Gasteiger partial charge in [0.2, 0.25) is 0 Å². The lowest BCUT2D eigenvalue weighted by atomic mass is 10.00. The molecule has 1 fully saturated rings. The molecule has 1 aromatic heterocycles. The Hall–Kier alpha value is -3.12. The highest BCUT2D eigenvalue weighted by molar-refractivity contribution is 5.97. The van der Waals surface area contributed by atoms with Gasteiger partial charge in [-0.3, -0.25) is 14.8 Å². The van der Waals surface area contributed by atoms with E-state index in [1.165, 1.54) is 0 Å². The van der Waals surface area contributed by atoms with Crippen LogP contribution < -0.4 is 5.73 Å². The number of carbonyl (C=O) groups excluding carboxylic acids is 1. The lowest BCUT2D eigenvalue weighted by Crippen LogP contribution is -2.57. The van der Waals surface area contributed by atoms with Gasteiger partial charge in [-0.15, -0.1) is 6.58 Å². The number of nitrogens with zero attached hydrogens (tertiary/aromatic N) is 3. The minimum Gasteiger partial charge on any atom is -0.382 e. The van der Waals surface area contributed by atoms with Crippen molar-refractivity contribution in [3.05, 3.63) is 60.7 Å². The molecule has 3 N–H and O–H groups in total. The molecule has 1 aliphatic rings. The number of carbonyl (C=O) groups is 1. The number of piperazine rings is 1. The molecule has 6 heteroatoms. The number of benzene rings is 2. The van der Waals surface area contributed by atoms with E-state index < -0.39 is 0 Å². The molecule has 0 aliphatic carbocycles. The first-order valence-electron chi connectivity index (χ1n) is 9.98. The molecule has 0 unspecified atom stereocenters. The van der Waals surface area contributed by atoms with Crippen LogP contribution in [0.1, 0.15) is 24.2 Å². The Kier molecular flexibility index (Phi) is 5.11. The molecule has 4 rings (SSSR count). The van der Waals surface area contributed by atoms with Crippen LogP contribution >= 0.6 is 0 Å². The molecule has 0 saturated carbocycles. The van der Waals surface area contributed by atoms with Crippen LogP contribution in [-0.4, -0.2) is 57.6 Å². The van der Waals surface area contributed by atoms with Crippen molar-refractivity contribution in [1.29, 1.82) is 0 Å². The number of nitrogen functional groups attached to an aromatic ring is 1. The highest BCUT2D eigenvalue weighted by Crippen LogP contribution is 2.27. The van der Waals surface area contributed by atoms with E-state index in [4.69, 9.17) is 5.73 Å². The van der Waals surface area contributed by atoms with E-state index in [1.54, 1.807) is 0 Å². The normalized spacial score (nSPS) is 20.1. The second kappa shape index (κ2) is 7.72. The zero-order valence-electron chi connectivity index (χ0n) is 16.9. The van der Waals surface area contributed by atoms with E-state index in [1.807, 2.05) is 53.4 Å². The third-order valence-electron chi connectivity index (χ3n) is 5.77. The van der Waals surface area contributed by atoms with E-state index in [0.717, 1.165) is 41.7 Å². The molecular formula is C23H27N5O. The van der Waals surface area contributed by atoms with Crippen LogP contribution in [0.5, 0.6) is 0 Å². The second-order valence-electron chi connectivity index (χ2n) is 7.85. The predicted molar refractivity (Wildman–Crippen MR) is 118 cm³/mol. The Balaban J connectivity index is 1.60. The van der Waals surface area contributed by atoms with Gasteiger partial charge in [0.25, 0.3) is 5.91 Å². The molecule has 2 heterocycles. The van der Waals surface area contributed by atoms with Gasteiger partial charge in [0.15, 0.2) is 5.82 Å². The largest absolute Gasteiger partial charge is 0.382 e. The van der Waals surface area contributed by atoms with Crippen molar-refractivity contribution in [3.8, 4) is 11.1 Å². The van der Waals surface area contributed by atoms with Gasteiger partial charge < -0.3 is 10.6 Å². The summed E-state index contributed by atoms with van der Waals surface area (Å²) in [6.45, 7) is 10.5. The summed E-state index contributed by atoms with van der Waals surface area (Å²) in [6.07, 6.45) is 1.92. The highest BCUT2D eigenvalue weighted by atomic mass is 16.2. The Labute approximate surface area is 171 Å². The Morgan fingerprint density at radius 3 is 2.79 bits per heavy atom. The lowest BCUT2D eigenvalue weighted by Gasteiger charge is -2.43. The first-order valence-corrected chi connectivity index (χ1v) is 9.98. The summed E-state index contributed by atoms with van der Waals surface area (Å²) in [4.78, 5) is 17.6. The van der Waals surface area contributed by atoms with E-state index >= 15 is 0 Å². The van der Waals surface area contributed by atoms with Crippen molar-refractivity contribution < 1.29 is 4.79 Å². The Morgan fingerprint density at radius 1 is 1.21 bits per heavy atom. The van der Waals surface area contributed by atoms with Gasteiger partial charge in [0, 0.05) is 42.7 Å². The summed E-state index contributed by atoms with van der Waals surface area (Å²) in [5.74, 6) is 0.558. The predicted octanol–water partition coefficient (Wildman–Crippen LogP) is 3.53. The topological polar surface area (TPSA) is 78.2 Å². The number of anilines is 1. The number of aromatic nitrogens is 2. The first kappa shape index (κ1) is 19.2. The minimum absolute atomic E-state index is 0.0772. The number of hydrogen-bond acceptors (Lipinski definition) is 4. The zero-order chi connectivity index (χ0) is 20.5. The monoisotopic (exact) mass is 389 g/mol. The average Bonchev–Trinajstić information content (AvgIpc) is 3.10. The van der Waals surface area contributed by atoms with E-state index in [0.29, 0.717) is 17.4 Å². The molecule has 2 aromatic carbocycles. The standard InChI is InChI=1S/C23H27N5O/c1-4-10-27-13-16(3)28(14-15(27)2)23(29)19-7-5-6-17(11-19)18-8-9-21-20(12-18)22(24)26-25-21/h4-9,11-12,15-16H,1,10,13-14H2,2-3H3,(H3,24,25,26)/t15-,16-/m1/s1. The summed E-state index contributed by atoms with van der Waals surface area (Å²) in [5.41, 5.74) is 9.56. The molecule has 1 aliphatic heterocycles. The van der Waals surface area contributed by atoms with E-state index in [2.05, 4.69) is 35.5 Å². The van der Waals surface area contributed by atoms with Crippen molar-refractivity contribution in [2.75, 3.05) is 25.4 Å². The highest BCUT2D eigenvalue weighted by Gasteiger charge is 2.31. The van der Waals surface area contributed by atoms with Crippen LogP contribution in [-0.2, 0) is 0 Å². The van der Waals surface area contributed by atoms with Crippen LogP contribution in [0.2, 0.25) is 0 Å². The number of amides is 1. The maximum absolute atomic E-state index is 13.3. The SMILES string of the molecule is C=CCN1C[C@@H](C)N(C(=O)c2cccc(-c3ccc4[nH]nc(N)c4c3)c2)C[C@H]1C. The summed E-state index contributed by atoms with van der Waals surface area (Å²) < 4.78 is 0. The van der Waals surface area contributed by atoms with Crippen molar-refractivity contribution in [1.82, 2.24) is 20.0 Å². The third kappa shape index (κ3) is 3.63. The van der Waals surface area contributed by atoms with Crippen molar-refractivity contribution in [3.63, 3.8) is 0 Å². The molecule has 1 saturated heterocycles. The first-order chi connectivity index (χ1) is 14.0. The number of fused-ring (bicyclic) bond motifs is 1. The number of aromatic amines is 1. The fourth-order valence-corrected chi connectivity index (χ4v) is 4.11. The van der Waals surface area contributed by atoms with Gasteiger partial charge in [-0.25, -0.2) is 0 Å². The molecule has 3 aromatic rings. The number of H-pyrrole nitrogens is 1. The average molecular weight is 390 g/mol. The Morgan fingerprint density at radius 2 is 2.00 bits per heavy atom. The van der Waals surface area contributed by atoms with E-state index in [-0.39, 0.29) is 11.9 Å². The van der Waals surface area contributed by atoms with Crippen molar-refractivity contribution in [2.45, 2.75) is 25.9 Å². The maximum atomic E-state index is 13.3. The number of hydrogen-bond donors (Lipinski definition) is 2. The third-order valence-corrected chi connectivity index (χ3v) is 5.77. The molecule has 6 nitrogen and oxygen atoms in total. The van der Waals surface area contributed by atoms with Crippen LogP contribution in [0.4, 0.5) is 5.82 Å². The van der Waals surface area contributed by atoms with E-state index in [9.17, 15) is 4.79 Å². The lowest BCUT2D eigenvalue weighted by molar-refractivity contribution is 0.0355.